The van der Waals surface area contributed by atoms with Crippen molar-refractivity contribution in [2.24, 2.45) is 0 Å². The van der Waals surface area contributed by atoms with Gasteiger partial charge in [0.25, 0.3) is 5.91 Å². The zero-order valence-corrected chi connectivity index (χ0v) is 13.6. The number of amides is 1. The van der Waals surface area contributed by atoms with E-state index >= 15 is 0 Å². The van der Waals surface area contributed by atoms with Crippen LogP contribution in [0, 0.1) is 0 Å². The van der Waals surface area contributed by atoms with Crippen LogP contribution in [0.15, 0.2) is 42.5 Å². The van der Waals surface area contributed by atoms with E-state index in [4.69, 9.17) is 4.74 Å². The lowest BCUT2D eigenvalue weighted by Gasteiger charge is -2.27. The molecular formula is C19H19NO4. The molecule has 0 saturated carbocycles. The van der Waals surface area contributed by atoms with Gasteiger partial charge in [-0.3, -0.25) is 4.79 Å². The normalized spacial score (nSPS) is 18.6. The van der Waals surface area contributed by atoms with E-state index in [0.29, 0.717) is 12.4 Å². The van der Waals surface area contributed by atoms with Crippen molar-refractivity contribution < 1.29 is 19.4 Å². The molecule has 0 aliphatic carbocycles. The average Bonchev–Trinajstić information content (AvgIpc) is 3.00. The zero-order chi connectivity index (χ0) is 17.3. The molecule has 0 fully saturated rings. The highest BCUT2D eigenvalue weighted by Crippen LogP contribution is 2.47. The van der Waals surface area contributed by atoms with Gasteiger partial charge in [-0.15, -0.1) is 0 Å². The van der Waals surface area contributed by atoms with Crippen LogP contribution in [-0.4, -0.2) is 30.6 Å². The SMILES string of the molecule is CCC1(c2ccccc2)COc2c(C(=O)NC)cc(C(=O)O)cc21. The van der Waals surface area contributed by atoms with Crippen LogP contribution in [0.5, 0.6) is 5.75 Å². The molecule has 2 N–H and O–H groups in total. The zero-order valence-electron chi connectivity index (χ0n) is 13.6. The van der Waals surface area contributed by atoms with Gasteiger partial charge in [0.05, 0.1) is 16.5 Å². The van der Waals surface area contributed by atoms with Crippen molar-refractivity contribution in [2.75, 3.05) is 13.7 Å². The van der Waals surface area contributed by atoms with Gasteiger partial charge in [0.15, 0.2) is 0 Å². The Morgan fingerprint density at radius 2 is 1.96 bits per heavy atom. The van der Waals surface area contributed by atoms with Crippen LogP contribution in [0.1, 0.15) is 45.2 Å². The van der Waals surface area contributed by atoms with Crippen molar-refractivity contribution in [3.8, 4) is 5.75 Å². The highest BCUT2D eigenvalue weighted by atomic mass is 16.5. The van der Waals surface area contributed by atoms with Gasteiger partial charge in [-0.05, 0) is 24.1 Å². The summed E-state index contributed by atoms with van der Waals surface area (Å²) in [6.45, 7) is 2.42. The fourth-order valence-electron chi connectivity index (χ4n) is 3.33. The largest absolute Gasteiger partial charge is 0.491 e. The molecule has 1 amide bonds. The number of hydrogen-bond acceptors (Lipinski definition) is 3. The third-order valence-electron chi connectivity index (χ3n) is 4.72. The molecular weight excluding hydrogens is 306 g/mol. The summed E-state index contributed by atoms with van der Waals surface area (Å²) in [6.07, 6.45) is 0.736. The summed E-state index contributed by atoms with van der Waals surface area (Å²) in [4.78, 5) is 23.7. The number of benzene rings is 2. The summed E-state index contributed by atoms with van der Waals surface area (Å²) in [7, 11) is 1.52. The monoisotopic (exact) mass is 325 g/mol. The van der Waals surface area contributed by atoms with Crippen molar-refractivity contribution in [3.05, 3.63) is 64.7 Å². The van der Waals surface area contributed by atoms with E-state index in [-0.39, 0.29) is 17.0 Å². The van der Waals surface area contributed by atoms with Crippen molar-refractivity contribution in [1.29, 1.82) is 0 Å². The van der Waals surface area contributed by atoms with E-state index in [2.05, 4.69) is 5.32 Å². The number of carbonyl (C=O) groups is 2. The van der Waals surface area contributed by atoms with E-state index in [1.54, 1.807) is 6.07 Å². The first-order valence-electron chi connectivity index (χ1n) is 7.85. The predicted octanol–water partition coefficient (Wildman–Crippen LogP) is 2.83. The number of ether oxygens (including phenoxy) is 1. The Hall–Kier alpha value is -2.82. The Kier molecular flexibility index (Phi) is 4.01. The van der Waals surface area contributed by atoms with E-state index in [0.717, 1.165) is 17.5 Å². The average molecular weight is 325 g/mol. The number of rotatable bonds is 4. The Labute approximate surface area is 140 Å². The predicted molar refractivity (Wildman–Crippen MR) is 89.8 cm³/mol. The van der Waals surface area contributed by atoms with Gasteiger partial charge in [-0.2, -0.15) is 0 Å². The molecule has 3 rings (SSSR count). The molecule has 2 aromatic carbocycles. The molecule has 5 nitrogen and oxygen atoms in total. The highest BCUT2D eigenvalue weighted by Gasteiger charge is 2.43. The van der Waals surface area contributed by atoms with E-state index in [9.17, 15) is 14.7 Å². The number of carboxylic acids is 1. The summed E-state index contributed by atoms with van der Waals surface area (Å²) >= 11 is 0. The molecule has 1 aliphatic heterocycles. The number of carboxylic acid groups (broad SMARTS) is 1. The van der Waals surface area contributed by atoms with Crippen LogP contribution in [0.4, 0.5) is 0 Å². The first kappa shape index (κ1) is 16.1. The topological polar surface area (TPSA) is 75.6 Å². The third-order valence-corrected chi connectivity index (χ3v) is 4.72. The smallest absolute Gasteiger partial charge is 0.335 e. The van der Waals surface area contributed by atoms with Gasteiger partial charge < -0.3 is 15.2 Å². The Morgan fingerprint density at radius 3 is 2.54 bits per heavy atom. The molecule has 0 aromatic heterocycles. The summed E-state index contributed by atoms with van der Waals surface area (Å²) < 4.78 is 5.89. The van der Waals surface area contributed by atoms with Crippen molar-refractivity contribution in [3.63, 3.8) is 0 Å². The van der Waals surface area contributed by atoms with Gasteiger partial charge in [0.2, 0.25) is 0 Å². The first-order valence-corrected chi connectivity index (χ1v) is 7.85. The minimum absolute atomic E-state index is 0.0895. The molecule has 1 aliphatic rings. The van der Waals surface area contributed by atoms with Gasteiger partial charge in [-0.1, -0.05) is 37.3 Å². The van der Waals surface area contributed by atoms with E-state index in [1.807, 2.05) is 37.3 Å². The standard InChI is InChI=1S/C19H19NO4/c1-3-19(13-7-5-4-6-8-13)11-24-16-14(17(21)20-2)9-12(18(22)23)10-15(16)19/h4-10H,3,11H2,1-2H3,(H,20,21)(H,22,23). The number of nitrogens with one attached hydrogen (secondary N) is 1. The molecule has 0 radical (unpaired) electrons. The molecule has 24 heavy (non-hydrogen) atoms. The van der Waals surface area contributed by atoms with Crippen molar-refractivity contribution >= 4 is 11.9 Å². The van der Waals surface area contributed by atoms with Crippen LogP contribution in [0.2, 0.25) is 0 Å². The number of aromatic carboxylic acids is 1. The van der Waals surface area contributed by atoms with Crippen LogP contribution >= 0.6 is 0 Å². The minimum Gasteiger partial charge on any atom is -0.491 e. The number of hydrogen-bond donors (Lipinski definition) is 2. The third kappa shape index (κ3) is 2.33. The van der Waals surface area contributed by atoms with Crippen molar-refractivity contribution in [1.82, 2.24) is 5.32 Å². The maximum absolute atomic E-state index is 12.2. The Bertz CT molecular complexity index is 801. The Morgan fingerprint density at radius 1 is 1.25 bits per heavy atom. The van der Waals surface area contributed by atoms with E-state index in [1.165, 1.54) is 13.1 Å². The molecule has 1 atom stereocenters. The van der Waals surface area contributed by atoms with Crippen LogP contribution in [0.3, 0.4) is 0 Å². The van der Waals surface area contributed by atoms with Gasteiger partial charge >= 0.3 is 5.97 Å². The molecule has 5 heteroatoms. The first-order chi connectivity index (χ1) is 11.5. The molecule has 124 valence electrons. The fraction of sp³-hybridized carbons (Fsp3) is 0.263. The second kappa shape index (κ2) is 6.00. The summed E-state index contributed by atoms with van der Waals surface area (Å²) in [5, 5.41) is 12.0. The quantitative estimate of drug-likeness (QED) is 0.906. The van der Waals surface area contributed by atoms with Crippen LogP contribution < -0.4 is 10.1 Å². The lowest BCUT2D eigenvalue weighted by molar-refractivity contribution is 0.0696. The highest BCUT2D eigenvalue weighted by molar-refractivity contribution is 6.00. The molecule has 0 spiro atoms. The second-order valence-electron chi connectivity index (χ2n) is 5.88. The molecule has 1 unspecified atom stereocenters. The van der Waals surface area contributed by atoms with Crippen LogP contribution in [0.25, 0.3) is 0 Å². The summed E-state index contributed by atoms with van der Waals surface area (Å²) in [5.41, 5.74) is 1.71. The number of fused-ring (bicyclic) bond motifs is 1. The lowest BCUT2D eigenvalue weighted by atomic mass is 9.73. The molecule has 0 saturated heterocycles. The maximum Gasteiger partial charge on any atom is 0.335 e. The summed E-state index contributed by atoms with van der Waals surface area (Å²) in [6, 6.07) is 12.9. The fourth-order valence-corrected chi connectivity index (χ4v) is 3.33. The van der Waals surface area contributed by atoms with Crippen molar-refractivity contribution in [2.45, 2.75) is 18.8 Å². The number of carbonyl (C=O) groups excluding carboxylic acids is 1. The molecule has 2 aromatic rings. The Balaban J connectivity index is 2.28. The minimum atomic E-state index is -1.06. The van der Waals surface area contributed by atoms with Gasteiger partial charge in [0, 0.05) is 12.6 Å². The molecule has 0 bridgehead atoms. The molecule has 1 heterocycles. The second-order valence-corrected chi connectivity index (χ2v) is 5.88. The van der Waals surface area contributed by atoms with E-state index < -0.39 is 11.4 Å². The lowest BCUT2D eigenvalue weighted by Crippen LogP contribution is -2.28. The summed E-state index contributed by atoms with van der Waals surface area (Å²) in [5.74, 6) is -0.938. The van der Waals surface area contributed by atoms with Crippen LogP contribution in [-0.2, 0) is 5.41 Å². The maximum atomic E-state index is 12.2. The van der Waals surface area contributed by atoms with Gasteiger partial charge in [0.1, 0.15) is 12.4 Å². The van der Waals surface area contributed by atoms with Gasteiger partial charge in [-0.25, -0.2) is 4.79 Å².